The van der Waals surface area contributed by atoms with Crippen molar-refractivity contribution in [1.82, 2.24) is 10.6 Å². The average molecular weight is 347 g/mol. The number of carbonyl (C=O) groups excluding carboxylic acids is 3. The maximum atomic E-state index is 11.8. The van der Waals surface area contributed by atoms with Gasteiger partial charge in [-0.1, -0.05) is 30.1 Å². The minimum Gasteiger partial charge on any atom is -0.454 e. The van der Waals surface area contributed by atoms with Gasteiger partial charge in [-0.15, -0.1) is 0 Å². The lowest BCUT2D eigenvalue weighted by Crippen LogP contribution is -2.34. The summed E-state index contributed by atoms with van der Waals surface area (Å²) in [5.74, 6) is -1.64. The highest BCUT2D eigenvalue weighted by atomic mass is 35.5. The van der Waals surface area contributed by atoms with Crippen molar-refractivity contribution in [2.75, 3.05) is 19.7 Å². The van der Waals surface area contributed by atoms with E-state index in [1.807, 2.05) is 6.92 Å². The third kappa shape index (κ3) is 6.32. The van der Waals surface area contributed by atoms with Gasteiger partial charge in [-0.2, -0.15) is 0 Å². The highest BCUT2D eigenvalue weighted by molar-refractivity contribution is 6.36. The summed E-state index contributed by atoms with van der Waals surface area (Å²) in [6.45, 7) is 1.68. The molecule has 2 amide bonds. The normalized spacial score (nSPS) is 9.95. The molecule has 0 radical (unpaired) electrons. The van der Waals surface area contributed by atoms with Crippen LogP contribution in [0.15, 0.2) is 18.2 Å². The number of amides is 2. The summed E-state index contributed by atoms with van der Waals surface area (Å²) in [4.78, 5) is 34.5. The Labute approximate surface area is 138 Å². The van der Waals surface area contributed by atoms with E-state index in [-0.39, 0.29) is 29.6 Å². The van der Waals surface area contributed by atoms with Gasteiger partial charge in [0.1, 0.15) is 6.54 Å². The van der Waals surface area contributed by atoms with Crippen molar-refractivity contribution in [3.05, 3.63) is 33.8 Å². The number of hydrogen-bond acceptors (Lipinski definition) is 4. The topological polar surface area (TPSA) is 84.5 Å². The van der Waals surface area contributed by atoms with Crippen LogP contribution in [-0.2, 0) is 14.3 Å². The van der Waals surface area contributed by atoms with Gasteiger partial charge >= 0.3 is 5.97 Å². The van der Waals surface area contributed by atoms with Crippen LogP contribution in [0.25, 0.3) is 0 Å². The van der Waals surface area contributed by atoms with Crippen molar-refractivity contribution in [2.45, 2.75) is 13.3 Å². The number of carbonyl (C=O) groups is 3. The van der Waals surface area contributed by atoms with E-state index in [9.17, 15) is 14.4 Å². The lowest BCUT2D eigenvalue weighted by atomic mass is 10.2. The molecule has 0 unspecified atom stereocenters. The molecule has 0 saturated heterocycles. The maximum Gasteiger partial charge on any atom is 0.325 e. The number of hydrogen-bond donors (Lipinski definition) is 2. The lowest BCUT2D eigenvalue weighted by Gasteiger charge is -2.08. The first kappa shape index (κ1) is 18.3. The van der Waals surface area contributed by atoms with Crippen molar-refractivity contribution in [3.8, 4) is 0 Å². The van der Waals surface area contributed by atoms with E-state index >= 15 is 0 Å². The fourth-order valence-electron chi connectivity index (χ4n) is 1.43. The Morgan fingerprint density at radius 2 is 1.91 bits per heavy atom. The molecule has 1 aromatic rings. The molecule has 22 heavy (non-hydrogen) atoms. The highest BCUT2D eigenvalue weighted by Gasteiger charge is 2.13. The van der Waals surface area contributed by atoms with Crippen molar-refractivity contribution >= 4 is 41.0 Å². The highest BCUT2D eigenvalue weighted by Crippen LogP contribution is 2.20. The Morgan fingerprint density at radius 3 is 2.55 bits per heavy atom. The second kappa shape index (κ2) is 9.27. The third-order valence-corrected chi connectivity index (χ3v) is 3.05. The number of esters is 1. The minimum absolute atomic E-state index is 0.178. The minimum atomic E-state index is -0.718. The molecule has 0 atom stereocenters. The molecule has 6 nitrogen and oxygen atoms in total. The first-order chi connectivity index (χ1) is 10.4. The molecular weight excluding hydrogens is 331 g/mol. The van der Waals surface area contributed by atoms with Crippen LogP contribution in [0, 0.1) is 0 Å². The number of ether oxygens (including phenoxy) is 1. The van der Waals surface area contributed by atoms with Crippen molar-refractivity contribution in [2.24, 2.45) is 0 Å². The number of benzene rings is 1. The molecule has 120 valence electrons. The van der Waals surface area contributed by atoms with E-state index in [1.54, 1.807) is 0 Å². The molecule has 1 aromatic carbocycles. The molecule has 0 heterocycles. The Kier molecular flexibility index (Phi) is 7.70. The van der Waals surface area contributed by atoms with Gasteiger partial charge in [0.2, 0.25) is 0 Å². The fourth-order valence-corrected chi connectivity index (χ4v) is 1.93. The molecule has 0 saturated carbocycles. The van der Waals surface area contributed by atoms with Gasteiger partial charge in [-0.05, 0) is 24.6 Å². The lowest BCUT2D eigenvalue weighted by molar-refractivity contribution is -0.147. The molecule has 0 aliphatic heterocycles. The van der Waals surface area contributed by atoms with E-state index in [1.165, 1.54) is 18.2 Å². The van der Waals surface area contributed by atoms with Gasteiger partial charge in [-0.3, -0.25) is 14.4 Å². The molecule has 0 fully saturated rings. The molecule has 0 aliphatic rings. The SMILES string of the molecule is CCCNC(=O)COC(=O)CNC(=O)c1ccc(Cl)cc1Cl. The number of rotatable bonds is 7. The molecule has 8 heteroatoms. The Bertz CT molecular complexity index is 564. The Morgan fingerprint density at radius 1 is 1.18 bits per heavy atom. The summed E-state index contributed by atoms with van der Waals surface area (Å²) in [6, 6.07) is 4.39. The largest absolute Gasteiger partial charge is 0.454 e. The zero-order chi connectivity index (χ0) is 16.5. The van der Waals surface area contributed by atoms with E-state index in [2.05, 4.69) is 10.6 Å². The maximum absolute atomic E-state index is 11.8. The second-order valence-electron chi connectivity index (χ2n) is 4.32. The quantitative estimate of drug-likeness (QED) is 0.737. The van der Waals surface area contributed by atoms with Gasteiger partial charge in [0, 0.05) is 11.6 Å². The predicted octanol–water partition coefficient (Wildman–Crippen LogP) is 1.79. The zero-order valence-electron chi connectivity index (χ0n) is 11.9. The molecule has 1 rings (SSSR count). The smallest absolute Gasteiger partial charge is 0.325 e. The summed E-state index contributed by atoms with van der Waals surface area (Å²) < 4.78 is 4.72. The fraction of sp³-hybridized carbons (Fsp3) is 0.357. The van der Waals surface area contributed by atoms with Crippen LogP contribution in [-0.4, -0.2) is 37.5 Å². The van der Waals surface area contributed by atoms with Crippen molar-refractivity contribution < 1.29 is 19.1 Å². The van der Waals surface area contributed by atoms with Crippen LogP contribution in [0.1, 0.15) is 23.7 Å². The van der Waals surface area contributed by atoms with E-state index in [0.29, 0.717) is 11.6 Å². The molecule has 0 spiro atoms. The predicted molar refractivity (Wildman–Crippen MR) is 83.1 cm³/mol. The van der Waals surface area contributed by atoms with E-state index in [4.69, 9.17) is 27.9 Å². The number of nitrogens with one attached hydrogen (secondary N) is 2. The van der Waals surface area contributed by atoms with E-state index in [0.717, 1.165) is 6.42 Å². The Balaban J connectivity index is 2.37. The van der Waals surface area contributed by atoms with Crippen molar-refractivity contribution in [1.29, 1.82) is 0 Å². The van der Waals surface area contributed by atoms with Crippen LogP contribution >= 0.6 is 23.2 Å². The van der Waals surface area contributed by atoms with E-state index < -0.39 is 11.9 Å². The summed E-state index contributed by atoms with van der Waals surface area (Å²) >= 11 is 11.6. The van der Waals surface area contributed by atoms with Gasteiger partial charge in [0.05, 0.1) is 10.6 Å². The van der Waals surface area contributed by atoms with Gasteiger partial charge < -0.3 is 15.4 Å². The summed E-state index contributed by atoms with van der Waals surface area (Å²) in [6.07, 6.45) is 0.789. The summed E-state index contributed by atoms with van der Waals surface area (Å²) in [5.41, 5.74) is 0.194. The van der Waals surface area contributed by atoms with Crippen LogP contribution < -0.4 is 10.6 Å². The zero-order valence-corrected chi connectivity index (χ0v) is 13.5. The monoisotopic (exact) mass is 346 g/mol. The number of halogens is 2. The third-order valence-electron chi connectivity index (χ3n) is 2.51. The standard InChI is InChI=1S/C14H16Cl2N2O4/c1-2-5-17-12(19)8-22-13(20)7-18-14(21)10-4-3-9(15)6-11(10)16/h3-4,6H,2,5,7-8H2,1H3,(H,17,19)(H,18,21). The van der Waals surface area contributed by atoms with Crippen LogP contribution in [0.2, 0.25) is 10.0 Å². The Hall–Kier alpha value is -1.79. The second-order valence-corrected chi connectivity index (χ2v) is 5.16. The molecule has 0 aromatic heterocycles. The first-order valence-electron chi connectivity index (χ1n) is 6.59. The molecule has 0 aliphatic carbocycles. The molecule has 2 N–H and O–H groups in total. The van der Waals surface area contributed by atoms with Gasteiger partial charge in [-0.25, -0.2) is 0 Å². The van der Waals surface area contributed by atoms with Crippen molar-refractivity contribution in [3.63, 3.8) is 0 Å². The van der Waals surface area contributed by atoms with Crippen LogP contribution in [0.3, 0.4) is 0 Å². The average Bonchev–Trinajstić information content (AvgIpc) is 2.48. The van der Waals surface area contributed by atoms with Gasteiger partial charge in [0.15, 0.2) is 6.61 Å². The van der Waals surface area contributed by atoms with Gasteiger partial charge in [0.25, 0.3) is 11.8 Å². The summed E-state index contributed by atoms with van der Waals surface area (Å²) in [7, 11) is 0. The van der Waals surface area contributed by atoms with Crippen LogP contribution in [0.5, 0.6) is 0 Å². The van der Waals surface area contributed by atoms with Crippen LogP contribution in [0.4, 0.5) is 0 Å². The first-order valence-corrected chi connectivity index (χ1v) is 7.35. The molecular formula is C14H16Cl2N2O4. The summed E-state index contributed by atoms with van der Waals surface area (Å²) in [5, 5.41) is 5.49. The molecule has 0 bridgehead atoms.